The largest absolute Gasteiger partial charge is 0.493 e. The Balaban J connectivity index is 2.25. The van der Waals surface area contributed by atoms with E-state index in [1.54, 1.807) is 14.2 Å². The van der Waals surface area contributed by atoms with Crippen LogP contribution in [0.25, 0.3) is 0 Å². The fourth-order valence-corrected chi connectivity index (χ4v) is 2.66. The maximum Gasteiger partial charge on any atom is 0.165 e. The quantitative estimate of drug-likeness (QED) is 0.631. The van der Waals surface area contributed by atoms with Gasteiger partial charge in [-0.3, -0.25) is 0 Å². The van der Waals surface area contributed by atoms with Crippen molar-refractivity contribution in [3.05, 3.63) is 23.8 Å². The van der Waals surface area contributed by atoms with E-state index in [0.29, 0.717) is 0 Å². The van der Waals surface area contributed by atoms with Gasteiger partial charge in [-0.2, -0.15) is 11.8 Å². The first kappa shape index (κ1) is 17.2. The van der Waals surface area contributed by atoms with E-state index in [1.165, 1.54) is 31.4 Å². The van der Waals surface area contributed by atoms with E-state index in [9.17, 15) is 0 Å². The van der Waals surface area contributed by atoms with Gasteiger partial charge in [0.15, 0.2) is 11.5 Å². The smallest absolute Gasteiger partial charge is 0.165 e. The van der Waals surface area contributed by atoms with Gasteiger partial charge >= 0.3 is 0 Å². The molecule has 4 heteroatoms. The van der Waals surface area contributed by atoms with Crippen molar-refractivity contribution in [3.8, 4) is 11.5 Å². The van der Waals surface area contributed by atoms with Crippen LogP contribution in [0.5, 0.6) is 11.5 Å². The van der Waals surface area contributed by atoms with Crippen LogP contribution in [0, 0.1) is 0 Å². The molecule has 0 aromatic heterocycles. The number of unbranched alkanes of at least 4 members (excludes halogenated alkanes) is 3. The van der Waals surface area contributed by atoms with Crippen LogP contribution in [0.3, 0.4) is 0 Å². The van der Waals surface area contributed by atoms with Crippen molar-refractivity contribution in [1.82, 2.24) is 5.32 Å². The number of benzene rings is 1. The van der Waals surface area contributed by atoms with E-state index in [0.717, 1.165) is 30.2 Å². The summed E-state index contributed by atoms with van der Waals surface area (Å²) in [6.07, 6.45) is 7.39. The third kappa shape index (κ3) is 6.06. The molecule has 1 rings (SSSR count). The van der Waals surface area contributed by atoms with Crippen molar-refractivity contribution in [3.63, 3.8) is 0 Å². The van der Waals surface area contributed by atoms with Gasteiger partial charge < -0.3 is 14.8 Å². The molecule has 1 aromatic carbocycles. The Kier molecular flexibility index (Phi) is 9.33. The molecule has 0 aliphatic rings. The second kappa shape index (κ2) is 10.9. The highest BCUT2D eigenvalue weighted by Crippen LogP contribution is 2.30. The minimum Gasteiger partial charge on any atom is -0.493 e. The molecule has 1 N–H and O–H groups in total. The average Bonchev–Trinajstić information content (AvgIpc) is 2.49. The van der Waals surface area contributed by atoms with Crippen molar-refractivity contribution in [2.24, 2.45) is 0 Å². The van der Waals surface area contributed by atoms with Crippen molar-refractivity contribution in [1.29, 1.82) is 0 Å². The van der Waals surface area contributed by atoms with Gasteiger partial charge in [-0.1, -0.05) is 25.0 Å². The Labute approximate surface area is 127 Å². The number of hydrogen-bond donors (Lipinski definition) is 1. The second-order valence-corrected chi connectivity index (χ2v) is 5.72. The molecule has 0 aliphatic carbocycles. The molecule has 0 spiro atoms. The Morgan fingerprint density at radius 1 is 1.05 bits per heavy atom. The van der Waals surface area contributed by atoms with E-state index in [-0.39, 0.29) is 0 Å². The fraction of sp³-hybridized carbons (Fsp3) is 0.625. The molecule has 0 saturated heterocycles. The monoisotopic (exact) mass is 297 g/mol. The highest BCUT2D eigenvalue weighted by atomic mass is 32.2. The summed E-state index contributed by atoms with van der Waals surface area (Å²) in [4.78, 5) is 0. The SMILES string of the molecule is COc1cccc(CNCCCCCCSC)c1OC. The predicted octanol–water partition coefficient (Wildman–Crippen LogP) is 3.72. The summed E-state index contributed by atoms with van der Waals surface area (Å²) in [7, 11) is 3.36. The molecule has 0 unspecified atom stereocenters. The number of rotatable bonds is 11. The first-order valence-electron chi connectivity index (χ1n) is 7.23. The van der Waals surface area contributed by atoms with Gasteiger partial charge in [0.2, 0.25) is 0 Å². The third-order valence-electron chi connectivity index (χ3n) is 3.25. The van der Waals surface area contributed by atoms with E-state index < -0.39 is 0 Å². The van der Waals surface area contributed by atoms with Crippen LogP contribution in [0.15, 0.2) is 18.2 Å². The summed E-state index contributed by atoms with van der Waals surface area (Å²) in [5.41, 5.74) is 1.15. The molecule has 20 heavy (non-hydrogen) atoms. The summed E-state index contributed by atoms with van der Waals surface area (Å²) in [6, 6.07) is 6.00. The Morgan fingerprint density at radius 3 is 2.55 bits per heavy atom. The van der Waals surface area contributed by atoms with Gasteiger partial charge in [0.1, 0.15) is 0 Å². The summed E-state index contributed by atoms with van der Waals surface area (Å²) >= 11 is 1.93. The predicted molar refractivity (Wildman–Crippen MR) is 88.1 cm³/mol. The standard InChI is InChI=1S/C16H27NO2S/c1-18-15-10-8-9-14(16(15)19-2)13-17-11-6-4-5-7-12-20-3/h8-10,17H,4-7,11-13H2,1-3H3. The van der Waals surface area contributed by atoms with Crippen molar-refractivity contribution < 1.29 is 9.47 Å². The minimum absolute atomic E-state index is 0.795. The molecule has 0 aliphatic heterocycles. The first-order chi connectivity index (χ1) is 9.83. The molecule has 114 valence electrons. The summed E-state index contributed by atoms with van der Waals surface area (Å²) in [5, 5.41) is 3.48. The van der Waals surface area contributed by atoms with Crippen molar-refractivity contribution in [2.75, 3.05) is 32.8 Å². The van der Waals surface area contributed by atoms with Crippen LogP contribution in [-0.2, 0) is 6.54 Å². The highest BCUT2D eigenvalue weighted by Gasteiger charge is 2.08. The maximum atomic E-state index is 5.42. The number of hydrogen-bond acceptors (Lipinski definition) is 4. The number of ether oxygens (including phenoxy) is 2. The molecule has 0 radical (unpaired) electrons. The zero-order valence-corrected chi connectivity index (χ0v) is 13.7. The first-order valence-corrected chi connectivity index (χ1v) is 8.62. The number of thioether (sulfide) groups is 1. The molecule has 0 bridgehead atoms. The van der Waals surface area contributed by atoms with E-state index in [4.69, 9.17) is 9.47 Å². The van der Waals surface area contributed by atoms with Gasteiger partial charge in [0.25, 0.3) is 0 Å². The summed E-state index contributed by atoms with van der Waals surface area (Å²) < 4.78 is 10.7. The number of nitrogens with one attached hydrogen (secondary N) is 1. The molecular weight excluding hydrogens is 270 g/mol. The fourth-order valence-electron chi connectivity index (χ4n) is 2.17. The molecule has 0 amide bonds. The molecule has 1 aromatic rings. The van der Waals surface area contributed by atoms with Gasteiger partial charge in [-0.05, 0) is 37.5 Å². The topological polar surface area (TPSA) is 30.5 Å². The van der Waals surface area contributed by atoms with Crippen molar-refractivity contribution >= 4 is 11.8 Å². The third-order valence-corrected chi connectivity index (χ3v) is 3.95. The van der Waals surface area contributed by atoms with Crippen LogP contribution < -0.4 is 14.8 Å². The molecule has 0 fully saturated rings. The zero-order chi connectivity index (χ0) is 14.6. The lowest BCUT2D eigenvalue weighted by atomic mass is 10.1. The molecule has 0 heterocycles. The Bertz CT molecular complexity index is 371. The Hall–Kier alpha value is -0.870. The van der Waals surface area contributed by atoms with E-state index >= 15 is 0 Å². The highest BCUT2D eigenvalue weighted by molar-refractivity contribution is 7.98. The molecule has 3 nitrogen and oxygen atoms in total. The minimum atomic E-state index is 0.795. The second-order valence-electron chi connectivity index (χ2n) is 4.74. The average molecular weight is 297 g/mol. The molecule has 0 saturated carbocycles. The normalized spacial score (nSPS) is 10.6. The lowest BCUT2D eigenvalue weighted by molar-refractivity contribution is 0.350. The van der Waals surface area contributed by atoms with Crippen LogP contribution >= 0.6 is 11.8 Å². The number of para-hydroxylation sites is 1. The van der Waals surface area contributed by atoms with Crippen LogP contribution in [0.2, 0.25) is 0 Å². The zero-order valence-electron chi connectivity index (χ0n) is 12.9. The molecular formula is C16H27NO2S. The summed E-state index contributed by atoms with van der Waals surface area (Å²) in [6.45, 7) is 1.88. The lowest BCUT2D eigenvalue weighted by Crippen LogP contribution is -2.15. The van der Waals surface area contributed by atoms with Gasteiger partial charge in [0, 0.05) is 12.1 Å². The maximum absolute atomic E-state index is 5.42. The van der Waals surface area contributed by atoms with E-state index in [1.807, 2.05) is 23.9 Å². The number of methoxy groups -OCH3 is 2. The van der Waals surface area contributed by atoms with Crippen LogP contribution in [0.1, 0.15) is 31.2 Å². The van der Waals surface area contributed by atoms with Gasteiger partial charge in [-0.15, -0.1) is 0 Å². The van der Waals surface area contributed by atoms with E-state index in [2.05, 4.69) is 17.6 Å². The Morgan fingerprint density at radius 2 is 1.85 bits per heavy atom. The van der Waals surface area contributed by atoms with Crippen LogP contribution in [0.4, 0.5) is 0 Å². The van der Waals surface area contributed by atoms with Crippen molar-refractivity contribution in [2.45, 2.75) is 32.2 Å². The lowest BCUT2D eigenvalue weighted by Gasteiger charge is -2.13. The van der Waals surface area contributed by atoms with Crippen LogP contribution in [-0.4, -0.2) is 32.8 Å². The van der Waals surface area contributed by atoms with Gasteiger partial charge in [-0.25, -0.2) is 0 Å². The van der Waals surface area contributed by atoms with Gasteiger partial charge in [0.05, 0.1) is 14.2 Å². The summed E-state index contributed by atoms with van der Waals surface area (Å²) in [5.74, 6) is 2.92. The molecule has 0 atom stereocenters.